The van der Waals surface area contributed by atoms with Crippen molar-refractivity contribution in [1.82, 2.24) is 19.5 Å². The molecule has 0 bridgehead atoms. The molecule has 3 aromatic rings. The largest absolute Gasteiger partial charge is 0.458 e. The van der Waals surface area contributed by atoms with Crippen molar-refractivity contribution in [2.75, 3.05) is 14.2 Å². The second-order valence-corrected chi connectivity index (χ2v) is 16.3. The van der Waals surface area contributed by atoms with Gasteiger partial charge in [-0.3, -0.25) is 5.10 Å². The third-order valence-electron chi connectivity index (χ3n) is 9.53. The first-order valence-electron chi connectivity index (χ1n) is 16.7. The number of nitrogens with zero attached hydrogens (tertiary/aromatic N) is 4. The van der Waals surface area contributed by atoms with E-state index in [1.54, 1.807) is 0 Å². The number of carbonyl (C=O) groups excluding carboxylic acids is 4. The van der Waals surface area contributed by atoms with Crippen LogP contribution in [0.3, 0.4) is 0 Å². The molecule has 0 spiro atoms. The monoisotopic (exact) mass is 691 g/mol. The molecular formula is C37H49N5O8. The number of imide groups is 3. The normalized spacial score (nSPS) is 19.7. The fraction of sp³-hybridized carbons (Fsp3) is 0.568. The molecule has 1 saturated carbocycles. The number of nitrogens with one attached hydrogen (secondary N) is 1. The molecule has 4 rings (SSSR count). The highest BCUT2D eigenvalue weighted by Crippen LogP contribution is 2.50. The number of rotatable bonds is 4. The lowest BCUT2D eigenvalue weighted by Gasteiger charge is -2.50. The molecule has 2 heterocycles. The Morgan fingerprint density at radius 3 is 1.84 bits per heavy atom. The van der Waals surface area contributed by atoms with Gasteiger partial charge in [0.05, 0.1) is 14.2 Å². The van der Waals surface area contributed by atoms with Gasteiger partial charge in [0, 0.05) is 17.4 Å². The van der Waals surface area contributed by atoms with Gasteiger partial charge in [-0.1, -0.05) is 93.5 Å². The highest BCUT2D eigenvalue weighted by atomic mass is 16.6. The highest BCUT2D eigenvalue weighted by Gasteiger charge is 2.48. The fourth-order valence-corrected chi connectivity index (χ4v) is 6.72. The lowest BCUT2D eigenvalue weighted by Crippen LogP contribution is -2.49. The van der Waals surface area contributed by atoms with Gasteiger partial charge in [0.2, 0.25) is 5.88 Å². The van der Waals surface area contributed by atoms with Crippen LogP contribution in [0.15, 0.2) is 24.3 Å². The maximum Gasteiger partial charge on any atom is 0.436 e. The molecule has 2 aromatic heterocycles. The summed E-state index contributed by atoms with van der Waals surface area (Å²) in [5, 5.41) is 13.4. The Kier molecular flexibility index (Phi) is 10.5. The number of methoxy groups -OCH3 is 2. The molecule has 0 aliphatic heterocycles. The number of esters is 1. The third kappa shape index (κ3) is 7.49. The molecule has 1 aliphatic rings. The highest BCUT2D eigenvalue weighted by molar-refractivity contribution is 6.05. The fourth-order valence-electron chi connectivity index (χ4n) is 6.72. The molecule has 2 unspecified atom stereocenters. The van der Waals surface area contributed by atoms with Crippen molar-refractivity contribution in [3.63, 3.8) is 0 Å². The Balaban J connectivity index is 1.91. The standard InChI is InChI=1S/C37H49N5O8/c1-20-17-24(36(5,6)7)27(25(18-20)37(8,9)10)49-31(43)26-23(19-38)30(50-34(46)41(32(44)47-11)33(45)48-12)42-29(26)39-28(40-42)21-13-15-22(16-14-21)35(2,3)4/h13-16,20,24-25,27H,17-18H2,1-12H3,(H,39,40). The second kappa shape index (κ2) is 13.8. The summed E-state index contributed by atoms with van der Waals surface area (Å²) in [6.07, 6.45) is -3.10. The average molecular weight is 692 g/mol. The van der Waals surface area contributed by atoms with E-state index in [4.69, 9.17) is 9.47 Å². The first-order valence-corrected chi connectivity index (χ1v) is 16.7. The zero-order chi connectivity index (χ0) is 37.5. The predicted octanol–water partition coefficient (Wildman–Crippen LogP) is 8.11. The number of H-pyrrole nitrogens is 1. The van der Waals surface area contributed by atoms with Gasteiger partial charge < -0.3 is 18.9 Å². The van der Waals surface area contributed by atoms with E-state index in [0.29, 0.717) is 17.3 Å². The summed E-state index contributed by atoms with van der Waals surface area (Å²) in [6.45, 7) is 21.3. The lowest BCUT2D eigenvalue weighted by atomic mass is 9.59. The third-order valence-corrected chi connectivity index (χ3v) is 9.53. The molecule has 13 nitrogen and oxygen atoms in total. The number of carbonyl (C=O) groups is 4. The van der Waals surface area contributed by atoms with Crippen molar-refractivity contribution in [3.05, 3.63) is 41.0 Å². The number of aromatic nitrogens is 3. The van der Waals surface area contributed by atoms with Gasteiger partial charge in [0.25, 0.3) is 0 Å². The van der Waals surface area contributed by atoms with E-state index < -0.39 is 36.2 Å². The number of fused-ring (bicyclic) bond motifs is 1. The number of hydrogen-bond donors (Lipinski definition) is 1. The van der Waals surface area contributed by atoms with Crippen molar-refractivity contribution in [3.8, 4) is 23.3 Å². The summed E-state index contributed by atoms with van der Waals surface area (Å²) in [5.41, 5.74) is 0.553. The van der Waals surface area contributed by atoms with Crippen LogP contribution >= 0.6 is 0 Å². The number of ether oxygens (including phenoxy) is 4. The molecule has 0 radical (unpaired) electrons. The number of aromatic amines is 1. The van der Waals surface area contributed by atoms with Crippen molar-refractivity contribution >= 4 is 29.9 Å². The molecule has 13 heteroatoms. The van der Waals surface area contributed by atoms with Crippen LogP contribution < -0.4 is 4.74 Å². The summed E-state index contributed by atoms with van der Waals surface area (Å²) in [7, 11) is 1.92. The van der Waals surface area contributed by atoms with Crippen molar-refractivity contribution in [2.24, 2.45) is 28.6 Å². The summed E-state index contributed by atoms with van der Waals surface area (Å²) >= 11 is 0. The topological polar surface area (TPSA) is 165 Å². The van der Waals surface area contributed by atoms with E-state index in [9.17, 15) is 24.4 Å². The molecular weight excluding hydrogens is 642 g/mol. The van der Waals surface area contributed by atoms with Gasteiger partial charge in [0.15, 0.2) is 11.5 Å². The van der Waals surface area contributed by atoms with Crippen LogP contribution in [0.25, 0.3) is 17.0 Å². The quantitative estimate of drug-likeness (QED) is 0.209. The van der Waals surface area contributed by atoms with Gasteiger partial charge in [-0.2, -0.15) is 5.26 Å². The molecule has 0 saturated heterocycles. The SMILES string of the molecule is COC(=O)N(C(=O)OC)C(=O)Oc1c(C#N)c(C(=O)OC2C(C(C)(C)C)CC(C)CC2C(C)(C)C)c2nc(-c3ccc(C(C)(C)C)cc3)[nH]n12. The lowest BCUT2D eigenvalue weighted by molar-refractivity contribution is -0.0922. The number of amides is 3. The maximum atomic E-state index is 14.4. The van der Waals surface area contributed by atoms with Gasteiger partial charge in [0.1, 0.15) is 23.3 Å². The molecule has 1 aromatic carbocycles. The van der Waals surface area contributed by atoms with Gasteiger partial charge in [-0.15, -0.1) is 4.90 Å². The van der Waals surface area contributed by atoms with E-state index in [1.807, 2.05) is 30.3 Å². The Morgan fingerprint density at radius 2 is 1.40 bits per heavy atom. The van der Waals surface area contributed by atoms with Crippen LogP contribution in [-0.2, 0) is 19.6 Å². The van der Waals surface area contributed by atoms with Crippen LogP contribution in [0.5, 0.6) is 5.88 Å². The van der Waals surface area contributed by atoms with E-state index in [2.05, 4.69) is 88.8 Å². The summed E-state index contributed by atoms with van der Waals surface area (Å²) in [5.74, 6) is -0.593. The minimum absolute atomic E-state index is 0.00473. The molecule has 270 valence electrons. The average Bonchev–Trinajstić information content (AvgIpc) is 3.57. The Morgan fingerprint density at radius 1 is 0.880 bits per heavy atom. The van der Waals surface area contributed by atoms with Crippen LogP contribution in [-0.4, -0.2) is 64.1 Å². The Hall–Kier alpha value is -4.86. The Labute approximate surface area is 293 Å². The van der Waals surface area contributed by atoms with Crippen molar-refractivity contribution in [2.45, 2.75) is 93.6 Å². The van der Waals surface area contributed by atoms with Gasteiger partial charge in [-0.25, -0.2) is 28.7 Å². The minimum Gasteiger partial charge on any atom is -0.458 e. The molecule has 3 amide bonds. The zero-order valence-electron chi connectivity index (χ0n) is 31.1. The number of nitriles is 1. The predicted molar refractivity (Wildman–Crippen MR) is 185 cm³/mol. The van der Waals surface area contributed by atoms with Gasteiger partial charge >= 0.3 is 24.2 Å². The first-order chi connectivity index (χ1) is 23.1. The number of benzene rings is 1. The molecule has 1 N–H and O–H groups in total. The Bertz CT molecular complexity index is 1770. The molecule has 1 aliphatic carbocycles. The molecule has 50 heavy (non-hydrogen) atoms. The van der Waals surface area contributed by atoms with Crippen LogP contribution in [0, 0.1) is 39.9 Å². The molecule has 1 fully saturated rings. The maximum absolute atomic E-state index is 14.4. The molecule has 2 atom stereocenters. The second-order valence-electron chi connectivity index (χ2n) is 16.3. The summed E-state index contributed by atoms with van der Waals surface area (Å²) < 4.78 is 22.2. The first kappa shape index (κ1) is 38.0. The van der Waals surface area contributed by atoms with E-state index in [-0.39, 0.29) is 49.8 Å². The minimum atomic E-state index is -1.54. The summed E-state index contributed by atoms with van der Waals surface area (Å²) in [4.78, 5) is 57.1. The van der Waals surface area contributed by atoms with Crippen molar-refractivity contribution in [1.29, 1.82) is 5.26 Å². The summed E-state index contributed by atoms with van der Waals surface area (Å²) in [6, 6.07) is 9.58. The van der Waals surface area contributed by atoms with Crippen LogP contribution in [0.2, 0.25) is 0 Å². The smallest absolute Gasteiger partial charge is 0.436 e. The zero-order valence-corrected chi connectivity index (χ0v) is 31.1. The van der Waals surface area contributed by atoms with E-state index >= 15 is 0 Å². The van der Waals surface area contributed by atoms with Crippen LogP contribution in [0.1, 0.15) is 104 Å². The van der Waals surface area contributed by atoms with E-state index in [1.165, 1.54) is 0 Å². The van der Waals surface area contributed by atoms with Crippen LogP contribution in [0.4, 0.5) is 14.4 Å². The van der Waals surface area contributed by atoms with E-state index in [0.717, 1.165) is 37.1 Å². The number of hydrogen-bond acceptors (Lipinski definition) is 10. The van der Waals surface area contributed by atoms with Gasteiger partial charge in [-0.05, 0) is 40.6 Å². The van der Waals surface area contributed by atoms with Crippen molar-refractivity contribution < 1.29 is 38.1 Å².